The molecule has 0 bridgehead atoms. The first-order valence-electron chi connectivity index (χ1n) is 21.4. The molecule has 1 spiro atoms. The number of para-hydroxylation sites is 4. The minimum Gasteiger partial charge on any atom is -0.456 e. The first-order chi connectivity index (χ1) is 31.2. The second-order valence-electron chi connectivity index (χ2n) is 16.4. The summed E-state index contributed by atoms with van der Waals surface area (Å²) in [6.45, 7) is 0. The average molecular weight is 808 g/mol. The molecule has 0 saturated heterocycles. The van der Waals surface area contributed by atoms with Crippen LogP contribution in [0.3, 0.4) is 0 Å². The fourth-order valence-corrected chi connectivity index (χ4v) is 10.2. The first kappa shape index (κ1) is 35.5. The molecular weight excluding hydrogens is 771 g/mol. The molecule has 0 fully saturated rings. The third kappa shape index (κ3) is 5.36. The largest absolute Gasteiger partial charge is 0.456 e. The predicted octanol–water partition coefficient (Wildman–Crippen LogP) is 13.9. The Morgan fingerprint density at radius 2 is 1.00 bits per heavy atom. The molecule has 0 radical (unpaired) electrons. The minimum absolute atomic E-state index is 0.367. The summed E-state index contributed by atoms with van der Waals surface area (Å²) in [6, 6.07) is 74.8. The monoisotopic (exact) mass is 807 g/mol. The van der Waals surface area contributed by atoms with Gasteiger partial charge in [-0.25, -0.2) is 9.98 Å². The van der Waals surface area contributed by atoms with Crippen LogP contribution in [0, 0.1) is 0 Å². The molecule has 1 aliphatic carbocycles. The predicted molar refractivity (Wildman–Crippen MR) is 254 cm³/mol. The van der Waals surface area contributed by atoms with Gasteiger partial charge in [0.1, 0.15) is 34.7 Å². The zero-order valence-electron chi connectivity index (χ0n) is 34.0. The van der Waals surface area contributed by atoms with Gasteiger partial charge < -0.3 is 14.5 Å². The second kappa shape index (κ2) is 13.9. The summed E-state index contributed by atoms with van der Waals surface area (Å²) in [5.74, 6) is 3.20. The highest BCUT2D eigenvalue weighted by molar-refractivity contribution is 6.13. The fraction of sp³-hybridized carbons (Fsp3) is 0.0345. The molecular formula is C58H37N3O2. The molecule has 0 amide bonds. The van der Waals surface area contributed by atoms with Crippen LogP contribution in [0.15, 0.2) is 227 Å². The normalized spacial score (nSPS) is 15.4. The van der Waals surface area contributed by atoms with E-state index in [0.29, 0.717) is 5.84 Å². The Kier molecular flexibility index (Phi) is 7.81. The van der Waals surface area contributed by atoms with Gasteiger partial charge in [0.15, 0.2) is 5.84 Å². The minimum atomic E-state index is -0.517. The van der Waals surface area contributed by atoms with E-state index in [0.717, 1.165) is 89.3 Å². The van der Waals surface area contributed by atoms with Crippen molar-refractivity contribution in [3.63, 3.8) is 0 Å². The Hall–Kier alpha value is -8.28. The van der Waals surface area contributed by atoms with Crippen LogP contribution < -0.4 is 10.1 Å². The quantitative estimate of drug-likeness (QED) is 0.188. The van der Waals surface area contributed by atoms with Crippen molar-refractivity contribution in [3.8, 4) is 44.9 Å². The highest BCUT2D eigenvalue weighted by Crippen LogP contribution is 2.63. The van der Waals surface area contributed by atoms with Crippen molar-refractivity contribution in [1.82, 2.24) is 5.32 Å². The van der Waals surface area contributed by atoms with Gasteiger partial charge in [0.25, 0.3) is 0 Å². The number of ether oxygens (including phenoxy) is 1. The lowest BCUT2D eigenvalue weighted by molar-refractivity contribution is 0.438. The molecule has 3 heterocycles. The number of aliphatic imine (C=N–C) groups is 2. The summed E-state index contributed by atoms with van der Waals surface area (Å²) in [7, 11) is 0. The standard InChI is InChI=1S/C58H37N3O2/c1-2-14-38(15-3-1)55-59-56(39-32-28-36(29-33-39)41-19-12-21-46-45-18-6-10-26-51(45)62-53(41)46)61-57(60-55)40-34-30-37(31-35-40)42-20-13-25-50-54(42)63-52-27-11-9-24-49(52)58(50)47-22-7-4-16-43(47)44-17-5-8-23-48(44)58/h1-35,57H,(H,59,60,61). The molecule has 10 aromatic rings. The number of hydrogen-bond donors (Lipinski definition) is 1. The van der Waals surface area contributed by atoms with E-state index in [1.165, 1.54) is 22.3 Å². The molecule has 1 unspecified atom stereocenters. The van der Waals surface area contributed by atoms with Crippen molar-refractivity contribution in [2.45, 2.75) is 11.6 Å². The van der Waals surface area contributed by atoms with Gasteiger partial charge in [0.2, 0.25) is 0 Å². The zero-order valence-corrected chi connectivity index (χ0v) is 34.0. The van der Waals surface area contributed by atoms with Crippen LogP contribution >= 0.6 is 0 Å². The molecule has 13 rings (SSSR count). The fourth-order valence-electron chi connectivity index (χ4n) is 10.2. The molecule has 0 saturated carbocycles. The van der Waals surface area contributed by atoms with Gasteiger partial charge in [0.05, 0.1) is 5.41 Å². The Morgan fingerprint density at radius 3 is 1.79 bits per heavy atom. The molecule has 5 heteroatoms. The van der Waals surface area contributed by atoms with E-state index in [2.05, 4.69) is 187 Å². The van der Waals surface area contributed by atoms with Gasteiger partial charge in [0, 0.05) is 44.2 Å². The van der Waals surface area contributed by atoms with Crippen LogP contribution in [0.25, 0.3) is 55.3 Å². The van der Waals surface area contributed by atoms with Gasteiger partial charge in [-0.1, -0.05) is 200 Å². The first-order valence-corrected chi connectivity index (χ1v) is 21.4. The van der Waals surface area contributed by atoms with Crippen molar-refractivity contribution in [2.24, 2.45) is 9.98 Å². The van der Waals surface area contributed by atoms with E-state index in [-0.39, 0.29) is 6.17 Å². The smallest absolute Gasteiger partial charge is 0.159 e. The van der Waals surface area contributed by atoms with Gasteiger partial charge in [-0.05, 0) is 51.1 Å². The molecule has 63 heavy (non-hydrogen) atoms. The summed E-state index contributed by atoms with van der Waals surface area (Å²) in [4.78, 5) is 10.3. The molecule has 3 aliphatic rings. The number of amidine groups is 2. The van der Waals surface area contributed by atoms with Crippen molar-refractivity contribution < 1.29 is 9.15 Å². The van der Waals surface area contributed by atoms with Crippen molar-refractivity contribution in [2.75, 3.05) is 0 Å². The molecule has 1 N–H and O–H groups in total. The summed E-state index contributed by atoms with van der Waals surface area (Å²) in [6.07, 6.45) is -0.367. The van der Waals surface area contributed by atoms with Crippen LogP contribution in [-0.4, -0.2) is 11.7 Å². The topological polar surface area (TPSA) is 59.1 Å². The van der Waals surface area contributed by atoms with Crippen molar-refractivity contribution in [3.05, 3.63) is 251 Å². The lowest BCUT2D eigenvalue weighted by Gasteiger charge is -2.40. The van der Waals surface area contributed by atoms with Gasteiger partial charge >= 0.3 is 0 Å². The third-order valence-electron chi connectivity index (χ3n) is 13.1. The molecule has 5 nitrogen and oxygen atoms in total. The average Bonchev–Trinajstić information content (AvgIpc) is 3.88. The molecule has 1 atom stereocenters. The van der Waals surface area contributed by atoms with Crippen LogP contribution in [-0.2, 0) is 5.41 Å². The van der Waals surface area contributed by atoms with E-state index >= 15 is 0 Å². The van der Waals surface area contributed by atoms with Gasteiger partial charge in [-0.2, -0.15) is 0 Å². The highest BCUT2D eigenvalue weighted by atomic mass is 16.5. The number of benzene rings is 9. The van der Waals surface area contributed by atoms with Crippen LogP contribution in [0.5, 0.6) is 11.5 Å². The van der Waals surface area contributed by atoms with E-state index in [9.17, 15) is 0 Å². The molecule has 9 aromatic carbocycles. The zero-order chi connectivity index (χ0) is 41.5. The SMILES string of the molecule is c1ccc(C2=NC(c3ccc(-c4cccc5c4Oc4ccccc4C54c5ccccc5-c5ccccc54)cc3)NC(c3ccc(-c4cccc5c4oc4ccccc45)cc3)=N2)cc1. The lowest BCUT2D eigenvalue weighted by Crippen LogP contribution is -2.33. The van der Waals surface area contributed by atoms with Gasteiger partial charge in [-0.15, -0.1) is 0 Å². The van der Waals surface area contributed by atoms with Crippen molar-refractivity contribution in [1.29, 1.82) is 0 Å². The number of nitrogens with one attached hydrogen (secondary N) is 1. The Labute approximate surface area is 364 Å². The van der Waals surface area contributed by atoms with E-state index < -0.39 is 5.41 Å². The summed E-state index contributed by atoms with van der Waals surface area (Å²) in [5.41, 5.74) is 15.9. The Balaban J connectivity index is 0.868. The Bertz CT molecular complexity index is 3460. The number of hydrogen-bond acceptors (Lipinski definition) is 5. The maximum absolute atomic E-state index is 6.97. The Morgan fingerprint density at radius 1 is 0.429 bits per heavy atom. The number of fused-ring (bicyclic) bond motifs is 12. The molecule has 296 valence electrons. The summed E-state index contributed by atoms with van der Waals surface area (Å²) >= 11 is 0. The lowest BCUT2D eigenvalue weighted by atomic mass is 9.65. The maximum atomic E-state index is 6.97. The highest BCUT2D eigenvalue weighted by Gasteiger charge is 2.51. The number of nitrogens with zero attached hydrogens (tertiary/aromatic N) is 2. The summed E-state index contributed by atoms with van der Waals surface area (Å²) < 4.78 is 13.3. The number of furan rings is 1. The molecule has 1 aromatic heterocycles. The molecule has 2 aliphatic heterocycles. The third-order valence-corrected chi connectivity index (χ3v) is 13.1. The summed E-state index contributed by atoms with van der Waals surface area (Å²) in [5, 5.41) is 5.92. The van der Waals surface area contributed by atoms with E-state index in [1.54, 1.807) is 0 Å². The van der Waals surface area contributed by atoms with Crippen molar-refractivity contribution >= 4 is 33.6 Å². The maximum Gasteiger partial charge on any atom is 0.159 e. The van der Waals surface area contributed by atoms with E-state index in [1.807, 2.05) is 30.3 Å². The van der Waals surface area contributed by atoms with Crippen LogP contribution in [0.2, 0.25) is 0 Å². The second-order valence-corrected chi connectivity index (χ2v) is 16.4. The van der Waals surface area contributed by atoms with E-state index in [4.69, 9.17) is 19.1 Å². The van der Waals surface area contributed by atoms with Crippen LogP contribution in [0.4, 0.5) is 0 Å². The van der Waals surface area contributed by atoms with Crippen LogP contribution in [0.1, 0.15) is 45.1 Å². The van der Waals surface area contributed by atoms with Gasteiger partial charge in [-0.3, -0.25) is 0 Å². The number of rotatable bonds is 5.